The Hall–Kier alpha value is -2.36. The molecule has 3 aromatic rings. The summed E-state index contributed by atoms with van der Waals surface area (Å²) in [6.45, 7) is 4.02. The van der Waals surface area contributed by atoms with Crippen LogP contribution in [0.15, 0.2) is 28.7 Å². The summed E-state index contributed by atoms with van der Waals surface area (Å²) in [5.74, 6) is 2.64. The Morgan fingerprint density at radius 1 is 1.14 bits per heavy atom. The van der Waals surface area contributed by atoms with E-state index in [-0.39, 0.29) is 0 Å². The third-order valence-electron chi connectivity index (χ3n) is 4.05. The molecule has 1 aliphatic rings. The summed E-state index contributed by atoms with van der Waals surface area (Å²) in [6.07, 6.45) is 2.31. The van der Waals surface area contributed by atoms with Gasteiger partial charge in [-0.25, -0.2) is 9.97 Å². The first-order valence-corrected chi connectivity index (χ1v) is 7.26. The quantitative estimate of drug-likeness (QED) is 0.771. The standard InChI is InChI=1S/C17H17N3O/c1-9-3-6-13-12(7-9)8-14(21-13)15-10(2)16(18)20-17(19-15)11-4-5-11/h3,6-8,11H,4-5H2,1-2H3,(H2,18,19,20). The summed E-state index contributed by atoms with van der Waals surface area (Å²) in [6, 6.07) is 8.19. The van der Waals surface area contributed by atoms with Gasteiger partial charge in [0.1, 0.15) is 22.9 Å². The lowest BCUT2D eigenvalue weighted by atomic mass is 10.1. The van der Waals surface area contributed by atoms with Crippen molar-refractivity contribution in [2.24, 2.45) is 0 Å². The van der Waals surface area contributed by atoms with E-state index in [9.17, 15) is 0 Å². The average Bonchev–Trinajstić information content (AvgIpc) is 3.22. The van der Waals surface area contributed by atoms with Gasteiger partial charge in [0, 0.05) is 16.9 Å². The molecule has 0 atom stereocenters. The lowest BCUT2D eigenvalue weighted by Crippen LogP contribution is -2.03. The summed E-state index contributed by atoms with van der Waals surface area (Å²) in [7, 11) is 0. The van der Waals surface area contributed by atoms with Gasteiger partial charge in [-0.2, -0.15) is 0 Å². The van der Waals surface area contributed by atoms with Gasteiger partial charge < -0.3 is 10.2 Å². The molecule has 0 saturated heterocycles. The molecule has 21 heavy (non-hydrogen) atoms. The minimum Gasteiger partial charge on any atom is -0.454 e. The maximum atomic E-state index is 6.05. The van der Waals surface area contributed by atoms with Crippen molar-refractivity contribution in [3.8, 4) is 11.5 Å². The Kier molecular flexibility index (Phi) is 2.55. The zero-order valence-corrected chi connectivity index (χ0v) is 12.2. The predicted molar refractivity (Wildman–Crippen MR) is 83.1 cm³/mol. The zero-order chi connectivity index (χ0) is 14.6. The first kappa shape index (κ1) is 12.4. The van der Waals surface area contributed by atoms with Crippen molar-refractivity contribution in [3.63, 3.8) is 0 Å². The summed E-state index contributed by atoms with van der Waals surface area (Å²) in [5, 5.41) is 1.09. The molecule has 1 saturated carbocycles. The lowest BCUT2D eigenvalue weighted by molar-refractivity contribution is 0.626. The molecule has 4 nitrogen and oxygen atoms in total. The summed E-state index contributed by atoms with van der Waals surface area (Å²) in [4.78, 5) is 9.11. The molecule has 1 fully saturated rings. The number of rotatable bonds is 2. The number of nitrogens with zero attached hydrogens (tertiary/aromatic N) is 2. The van der Waals surface area contributed by atoms with Crippen molar-refractivity contribution in [1.82, 2.24) is 9.97 Å². The Morgan fingerprint density at radius 3 is 2.71 bits per heavy atom. The number of nitrogens with two attached hydrogens (primary N) is 1. The van der Waals surface area contributed by atoms with Gasteiger partial charge >= 0.3 is 0 Å². The van der Waals surface area contributed by atoms with Gasteiger partial charge in [0.25, 0.3) is 0 Å². The number of nitrogen functional groups attached to an aromatic ring is 1. The fourth-order valence-electron chi connectivity index (χ4n) is 2.60. The number of fused-ring (bicyclic) bond motifs is 1. The molecule has 0 radical (unpaired) electrons. The van der Waals surface area contributed by atoms with E-state index in [2.05, 4.69) is 18.0 Å². The molecule has 4 rings (SSSR count). The van der Waals surface area contributed by atoms with E-state index in [0.29, 0.717) is 11.7 Å². The summed E-state index contributed by atoms with van der Waals surface area (Å²) >= 11 is 0. The molecule has 2 aromatic heterocycles. The normalized spacial score (nSPS) is 14.8. The van der Waals surface area contributed by atoms with Gasteiger partial charge in [-0.15, -0.1) is 0 Å². The van der Waals surface area contributed by atoms with Crippen LogP contribution in [0.2, 0.25) is 0 Å². The average molecular weight is 279 g/mol. The molecule has 2 N–H and O–H groups in total. The molecule has 0 spiro atoms. The van der Waals surface area contributed by atoms with Crippen LogP contribution < -0.4 is 5.73 Å². The number of anilines is 1. The molecular weight excluding hydrogens is 262 g/mol. The first-order chi connectivity index (χ1) is 10.1. The highest BCUT2D eigenvalue weighted by Crippen LogP contribution is 2.40. The number of benzene rings is 1. The first-order valence-electron chi connectivity index (χ1n) is 7.26. The van der Waals surface area contributed by atoms with Crippen LogP contribution in [0.3, 0.4) is 0 Å². The molecular formula is C17H17N3O. The van der Waals surface area contributed by atoms with Gasteiger partial charge in [-0.1, -0.05) is 11.6 Å². The van der Waals surface area contributed by atoms with E-state index in [1.165, 1.54) is 5.56 Å². The maximum absolute atomic E-state index is 6.05. The SMILES string of the molecule is Cc1ccc2oc(-c3nc(C4CC4)nc(N)c3C)cc2c1. The maximum Gasteiger partial charge on any atom is 0.154 e. The van der Waals surface area contributed by atoms with E-state index in [1.54, 1.807) is 0 Å². The highest BCUT2D eigenvalue weighted by atomic mass is 16.3. The number of furan rings is 1. The number of aromatic nitrogens is 2. The predicted octanol–water partition coefficient (Wildman–Crippen LogP) is 3.97. The molecule has 1 aromatic carbocycles. The van der Waals surface area contributed by atoms with Crippen LogP contribution in [0.5, 0.6) is 0 Å². The second-order valence-electron chi connectivity index (χ2n) is 5.87. The minimum atomic E-state index is 0.471. The van der Waals surface area contributed by atoms with Crippen molar-refractivity contribution in [2.75, 3.05) is 5.73 Å². The number of hydrogen-bond donors (Lipinski definition) is 1. The van der Waals surface area contributed by atoms with Crippen molar-refractivity contribution >= 4 is 16.8 Å². The smallest absolute Gasteiger partial charge is 0.154 e. The van der Waals surface area contributed by atoms with Crippen LogP contribution in [0.1, 0.15) is 35.7 Å². The molecule has 1 aliphatic carbocycles. The molecule has 0 bridgehead atoms. The topological polar surface area (TPSA) is 64.9 Å². The van der Waals surface area contributed by atoms with Crippen LogP contribution in [0.4, 0.5) is 5.82 Å². The highest BCUT2D eigenvalue weighted by molar-refractivity contribution is 5.83. The number of aryl methyl sites for hydroxylation is 1. The zero-order valence-electron chi connectivity index (χ0n) is 12.2. The van der Waals surface area contributed by atoms with E-state index >= 15 is 0 Å². The third kappa shape index (κ3) is 2.07. The summed E-state index contributed by atoms with van der Waals surface area (Å²) in [5.41, 5.74) is 9.84. The molecule has 106 valence electrons. The molecule has 4 heteroatoms. The van der Waals surface area contributed by atoms with Crippen LogP contribution >= 0.6 is 0 Å². The third-order valence-corrected chi connectivity index (χ3v) is 4.05. The van der Waals surface area contributed by atoms with Gasteiger partial charge in [-0.05, 0) is 44.9 Å². The fourth-order valence-corrected chi connectivity index (χ4v) is 2.60. The van der Waals surface area contributed by atoms with Crippen LogP contribution in [-0.2, 0) is 0 Å². The largest absolute Gasteiger partial charge is 0.454 e. The fraction of sp³-hybridized carbons (Fsp3) is 0.294. The monoisotopic (exact) mass is 279 g/mol. The molecule has 2 heterocycles. The second-order valence-corrected chi connectivity index (χ2v) is 5.87. The molecule has 0 aliphatic heterocycles. The van der Waals surface area contributed by atoms with Crippen molar-refractivity contribution in [2.45, 2.75) is 32.6 Å². The lowest BCUT2D eigenvalue weighted by Gasteiger charge is -2.07. The molecule has 0 amide bonds. The highest BCUT2D eigenvalue weighted by Gasteiger charge is 2.28. The Morgan fingerprint density at radius 2 is 1.95 bits per heavy atom. The van der Waals surface area contributed by atoms with E-state index in [4.69, 9.17) is 15.1 Å². The van der Waals surface area contributed by atoms with Crippen LogP contribution in [-0.4, -0.2) is 9.97 Å². The van der Waals surface area contributed by atoms with Crippen molar-refractivity contribution < 1.29 is 4.42 Å². The Labute approximate surface area is 123 Å². The Balaban J connectivity index is 1.90. The van der Waals surface area contributed by atoms with Gasteiger partial charge in [0.05, 0.1) is 0 Å². The summed E-state index contributed by atoms with van der Waals surface area (Å²) < 4.78 is 5.95. The van der Waals surface area contributed by atoms with Crippen LogP contribution in [0.25, 0.3) is 22.4 Å². The Bertz CT molecular complexity index is 847. The second kappa shape index (κ2) is 4.32. The molecule has 0 unspecified atom stereocenters. The van der Waals surface area contributed by atoms with Gasteiger partial charge in [-0.3, -0.25) is 0 Å². The van der Waals surface area contributed by atoms with E-state index in [0.717, 1.165) is 46.7 Å². The number of hydrogen-bond acceptors (Lipinski definition) is 4. The van der Waals surface area contributed by atoms with Gasteiger partial charge in [0.2, 0.25) is 0 Å². The van der Waals surface area contributed by atoms with Crippen molar-refractivity contribution in [1.29, 1.82) is 0 Å². The van der Waals surface area contributed by atoms with E-state index < -0.39 is 0 Å². The van der Waals surface area contributed by atoms with Crippen molar-refractivity contribution in [3.05, 3.63) is 41.2 Å². The van der Waals surface area contributed by atoms with Gasteiger partial charge in [0.15, 0.2) is 5.76 Å². The minimum absolute atomic E-state index is 0.471. The van der Waals surface area contributed by atoms with E-state index in [1.807, 2.05) is 25.1 Å². The van der Waals surface area contributed by atoms with Crippen LogP contribution in [0, 0.1) is 13.8 Å².